The van der Waals surface area contributed by atoms with Gasteiger partial charge in [0.2, 0.25) is 11.8 Å². The van der Waals surface area contributed by atoms with Crippen molar-refractivity contribution in [3.8, 4) is 11.3 Å². The number of pyridine rings is 1. The van der Waals surface area contributed by atoms with Crippen LogP contribution in [0.1, 0.15) is 29.8 Å². The van der Waals surface area contributed by atoms with E-state index in [0.29, 0.717) is 19.5 Å². The van der Waals surface area contributed by atoms with E-state index in [2.05, 4.69) is 20.7 Å². The maximum Gasteiger partial charge on any atom is 0.242 e. The summed E-state index contributed by atoms with van der Waals surface area (Å²) in [7, 11) is 0. The largest absolute Gasteiger partial charge is 0.354 e. The van der Waals surface area contributed by atoms with Crippen molar-refractivity contribution in [1.29, 1.82) is 0 Å². The first kappa shape index (κ1) is 21.2. The molecule has 31 heavy (non-hydrogen) atoms. The Hall–Kier alpha value is -3.06. The molecule has 6 nitrogen and oxygen atoms in total. The lowest BCUT2D eigenvalue weighted by Gasteiger charge is -2.24. The highest BCUT2D eigenvalue weighted by Crippen LogP contribution is 2.22. The molecule has 3 heterocycles. The maximum atomic E-state index is 12.7. The molecule has 3 aromatic rings. The Morgan fingerprint density at radius 3 is 2.74 bits per heavy atom. The van der Waals surface area contributed by atoms with Crippen LogP contribution in [0.5, 0.6) is 0 Å². The molecule has 0 aliphatic carbocycles. The van der Waals surface area contributed by atoms with Crippen molar-refractivity contribution in [1.82, 2.24) is 20.2 Å². The highest BCUT2D eigenvalue weighted by molar-refractivity contribution is 7.09. The Balaban J connectivity index is 1.23. The van der Waals surface area contributed by atoms with Gasteiger partial charge in [0.1, 0.15) is 6.04 Å². The fraction of sp³-hybridized carbons (Fsp3) is 0.333. The van der Waals surface area contributed by atoms with Crippen LogP contribution < -0.4 is 5.32 Å². The zero-order chi connectivity index (χ0) is 21.5. The number of carbonyl (C=O) groups excluding carboxylic acids is 2. The van der Waals surface area contributed by atoms with E-state index in [-0.39, 0.29) is 17.9 Å². The number of nitrogens with one attached hydrogen (secondary N) is 1. The number of hydrogen-bond acceptors (Lipinski definition) is 5. The van der Waals surface area contributed by atoms with Crippen molar-refractivity contribution in [3.05, 3.63) is 70.8 Å². The summed E-state index contributed by atoms with van der Waals surface area (Å²) in [5, 5.41) is 6.13. The lowest BCUT2D eigenvalue weighted by Crippen LogP contribution is -2.46. The van der Waals surface area contributed by atoms with Gasteiger partial charge in [0.05, 0.1) is 17.1 Å². The summed E-state index contributed by atoms with van der Waals surface area (Å²) in [5.41, 5.74) is 3.00. The Labute approximate surface area is 186 Å². The van der Waals surface area contributed by atoms with E-state index in [9.17, 15) is 9.59 Å². The summed E-state index contributed by atoms with van der Waals surface area (Å²) < 4.78 is 0. The van der Waals surface area contributed by atoms with Crippen molar-refractivity contribution in [2.45, 2.75) is 38.1 Å². The van der Waals surface area contributed by atoms with Crippen LogP contribution in [-0.2, 0) is 22.4 Å². The summed E-state index contributed by atoms with van der Waals surface area (Å²) in [6.07, 6.45) is 7.11. The highest BCUT2D eigenvalue weighted by Gasteiger charge is 2.33. The molecule has 4 rings (SSSR count). The number of aryl methyl sites for hydroxylation is 1. The molecule has 1 aliphatic heterocycles. The molecule has 2 amide bonds. The fourth-order valence-electron chi connectivity index (χ4n) is 3.86. The van der Waals surface area contributed by atoms with Gasteiger partial charge >= 0.3 is 0 Å². The van der Waals surface area contributed by atoms with E-state index in [1.165, 1.54) is 0 Å². The smallest absolute Gasteiger partial charge is 0.242 e. The molecule has 0 radical (unpaired) electrons. The van der Waals surface area contributed by atoms with Crippen LogP contribution in [0.15, 0.2) is 60.2 Å². The first-order valence-electron chi connectivity index (χ1n) is 10.7. The standard InChI is InChI=1S/C24H26N4O2S/c29-23(16-18-6-2-1-3-7-18)28-15-5-8-21(28)24(30)26-12-4-9-22-27-20(17-31-22)19-10-13-25-14-11-19/h1-3,6-7,10-11,13-14,17,21H,4-5,8-9,12,15-16H2,(H,26,30). The monoisotopic (exact) mass is 434 g/mol. The zero-order valence-electron chi connectivity index (χ0n) is 17.4. The van der Waals surface area contributed by atoms with Gasteiger partial charge in [-0.05, 0) is 37.0 Å². The number of aromatic nitrogens is 2. The van der Waals surface area contributed by atoms with Gasteiger partial charge in [0.15, 0.2) is 0 Å². The molecule has 1 aliphatic rings. The van der Waals surface area contributed by atoms with Crippen LogP contribution in [0.25, 0.3) is 11.3 Å². The van der Waals surface area contributed by atoms with Crippen LogP contribution in [0.4, 0.5) is 0 Å². The van der Waals surface area contributed by atoms with E-state index in [4.69, 9.17) is 0 Å². The third-order valence-corrected chi connectivity index (χ3v) is 6.38. The zero-order valence-corrected chi connectivity index (χ0v) is 18.2. The van der Waals surface area contributed by atoms with Crippen molar-refractivity contribution in [2.24, 2.45) is 0 Å². The first-order chi connectivity index (χ1) is 15.2. The van der Waals surface area contributed by atoms with E-state index in [1.54, 1.807) is 28.6 Å². The van der Waals surface area contributed by atoms with Crippen LogP contribution in [0, 0.1) is 0 Å². The summed E-state index contributed by atoms with van der Waals surface area (Å²) in [4.78, 5) is 35.8. The van der Waals surface area contributed by atoms with Gasteiger partial charge in [-0.1, -0.05) is 30.3 Å². The van der Waals surface area contributed by atoms with Crippen LogP contribution in [-0.4, -0.2) is 45.8 Å². The number of carbonyl (C=O) groups is 2. The van der Waals surface area contributed by atoms with Crippen LogP contribution >= 0.6 is 11.3 Å². The summed E-state index contributed by atoms with van der Waals surface area (Å²) >= 11 is 1.64. The van der Waals surface area contributed by atoms with E-state index in [0.717, 1.165) is 47.5 Å². The average Bonchev–Trinajstić information content (AvgIpc) is 3.48. The summed E-state index contributed by atoms with van der Waals surface area (Å²) in [6, 6.07) is 13.2. The molecule has 1 aromatic carbocycles. The van der Waals surface area contributed by atoms with E-state index in [1.807, 2.05) is 42.5 Å². The second-order valence-corrected chi connectivity index (χ2v) is 8.61. The molecule has 160 valence electrons. The summed E-state index contributed by atoms with van der Waals surface area (Å²) in [5.74, 6) is -0.0224. The molecule has 0 bridgehead atoms. The quantitative estimate of drug-likeness (QED) is 0.551. The molecule has 0 saturated carbocycles. The molecule has 2 aromatic heterocycles. The number of rotatable bonds is 8. The second kappa shape index (κ2) is 10.3. The first-order valence-corrected chi connectivity index (χ1v) is 11.5. The maximum absolute atomic E-state index is 12.7. The molecule has 1 fully saturated rings. The third-order valence-electron chi connectivity index (χ3n) is 5.47. The SMILES string of the molecule is O=C(NCCCc1nc(-c2ccncc2)cs1)C1CCCN1C(=O)Cc1ccccc1. The minimum Gasteiger partial charge on any atom is -0.354 e. The van der Waals surface area contributed by atoms with Crippen molar-refractivity contribution in [3.63, 3.8) is 0 Å². The molecule has 1 unspecified atom stereocenters. The Bertz CT molecular complexity index is 1010. The molecule has 1 atom stereocenters. The molecule has 1 N–H and O–H groups in total. The molecule has 7 heteroatoms. The summed E-state index contributed by atoms with van der Waals surface area (Å²) in [6.45, 7) is 1.24. The molecular formula is C24H26N4O2S. The predicted molar refractivity (Wildman–Crippen MR) is 122 cm³/mol. The van der Waals surface area contributed by atoms with Crippen molar-refractivity contribution in [2.75, 3.05) is 13.1 Å². The lowest BCUT2D eigenvalue weighted by molar-refractivity contribution is -0.137. The fourth-order valence-corrected chi connectivity index (χ4v) is 4.71. The molecule has 0 spiro atoms. The van der Waals surface area contributed by atoms with Gasteiger partial charge in [-0.2, -0.15) is 0 Å². The topological polar surface area (TPSA) is 75.2 Å². The van der Waals surface area contributed by atoms with Crippen molar-refractivity contribution < 1.29 is 9.59 Å². The Kier molecular flexibility index (Phi) is 7.04. The predicted octanol–water partition coefficient (Wildman–Crippen LogP) is 3.49. The normalized spacial score (nSPS) is 15.7. The van der Waals surface area contributed by atoms with Gasteiger partial charge in [-0.3, -0.25) is 14.6 Å². The van der Waals surface area contributed by atoms with Gasteiger partial charge in [-0.15, -0.1) is 11.3 Å². The van der Waals surface area contributed by atoms with Crippen LogP contribution in [0.2, 0.25) is 0 Å². The molecule has 1 saturated heterocycles. The number of nitrogens with zero attached hydrogens (tertiary/aromatic N) is 3. The number of likely N-dealkylation sites (tertiary alicyclic amines) is 1. The molecular weight excluding hydrogens is 408 g/mol. The Morgan fingerprint density at radius 1 is 1.13 bits per heavy atom. The second-order valence-electron chi connectivity index (χ2n) is 7.66. The number of hydrogen-bond donors (Lipinski definition) is 1. The van der Waals surface area contributed by atoms with E-state index < -0.39 is 0 Å². The van der Waals surface area contributed by atoms with Crippen molar-refractivity contribution >= 4 is 23.2 Å². The van der Waals surface area contributed by atoms with Gasteiger partial charge in [0.25, 0.3) is 0 Å². The van der Waals surface area contributed by atoms with E-state index >= 15 is 0 Å². The van der Waals surface area contributed by atoms with Gasteiger partial charge in [0, 0.05) is 42.8 Å². The van der Waals surface area contributed by atoms with Crippen LogP contribution in [0.3, 0.4) is 0 Å². The Morgan fingerprint density at radius 2 is 1.94 bits per heavy atom. The number of thiazole rings is 1. The average molecular weight is 435 g/mol. The highest BCUT2D eigenvalue weighted by atomic mass is 32.1. The minimum absolute atomic E-state index is 0.0234. The van der Waals surface area contributed by atoms with Gasteiger partial charge in [-0.25, -0.2) is 4.98 Å². The van der Waals surface area contributed by atoms with Gasteiger partial charge < -0.3 is 10.2 Å². The minimum atomic E-state index is -0.352. The third kappa shape index (κ3) is 5.55. The number of amides is 2. The lowest BCUT2D eigenvalue weighted by atomic mass is 10.1. The number of benzene rings is 1.